The third-order valence-electron chi connectivity index (χ3n) is 2.54. The molecule has 0 aliphatic carbocycles. The van der Waals surface area contributed by atoms with Crippen molar-refractivity contribution < 1.29 is 13.2 Å². The van der Waals surface area contributed by atoms with Gasteiger partial charge in [0.15, 0.2) is 9.84 Å². The SMILES string of the molecule is CS(=O)(=O)c1ccc(Oc2ccc(Br)cc2C#N)cc1. The van der Waals surface area contributed by atoms with Crippen molar-refractivity contribution in [1.82, 2.24) is 0 Å². The fourth-order valence-electron chi connectivity index (χ4n) is 1.56. The van der Waals surface area contributed by atoms with E-state index in [4.69, 9.17) is 10.00 Å². The van der Waals surface area contributed by atoms with Gasteiger partial charge in [0.05, 0.1) is 10.5 Å². The summed E-state index contributed by atoms with van der Waals surface area (Å²) in [4.78, 5) is 0.223. The highest BCUT2D eigenvalue weighted by molar-refractivity contribution is 9.10. The van der Waals surface area contributed by atoms with Crippen LogP contribution in [0.15, 0.2) is 51.8 Å². The number of benzene rings is 2. The summed E-state index contributed by atoms with van der Waals surface area (Å²) in [6.07, 6.45) is 1.14. The number of nitrogens with zero attached hydrogens (tertiary/aromatic N) is 1. The van der Waals surface area contributed by atoms with Gasteiger partial charge in [-0.1, -0.05) is 15.9 Å². The molecule has 0 amide bonds. The Morgan fingerprint density at radius 2 is 1.80 bits per heavy atom. The first-order valence-corrected chi connectivity index (χ1v) is 8.26. The second-order valence-electron chi connectivity index (χ2n) is 4.10. The maximum atomic E-state index is 11.4. The molecule has 0 unspecified atom stereocenters. The van der Waals surface area contributed by atoms with E-state index in [0.29, 0.717) is 17.1 Å². The van der Waals surface area contributed by atoms with E-state index in [9.17, 15) is 8.42 Å². The molecule has 0 bridgehead atoms. The Labute approximate surface area is 125 Å². The lowest BCUT2D eigenvalue weighted by molar-refractivity contribution is 0.480. The minimum absolute atomic E-state index is 0.223. The molecule has 0 fully saturated rings. The predicted molar refractivity (Wildman–Crippen MR) is 78.5 cm³/mol. The average Bonchev–Trinajstić information content (AvgIpc) is 2.40. The van der Waals surface area contributed by atoms with Gasteiger partial charge >= 0.3 is 0 Å². The number of hydrogen-bond acceptors (Lipinski definition) is 4. The zero-order valence-corrected chi connectivity index (χ0v) is 12.9. The molecule has 20 heavy (non-hydrogen) atoms. The van der Waals surface area contributed by atoms with Crippen molar-refractivity contribution in [2.45, 2.75) is 4.90 Å². The van der Waals surface area contributed by atoms with Crippen LogP contribution in [0.1, 0.15) is 5.56 Å². The molecule has 6 heteroatoms. The summed E-state index contributed by atoms with van der Waals surface area (Å²) >= 11 is 3.28. The zero-order valence-electron chi connectivity index (χ0n) is 10.5. The van der Waals surface area contributed by atoms with Gasteiger partial charge in [0.2, 0.25) is 0 Å². The fourth-order valence-corrected chi connectivity index (χ4v) is 2.55. The van der Waals surface area contributed by atoms with Crippen LogP contribution >= 0.6 is 15.9 Å². The molecule has 2 rings (SSSR count). The summed E-state index contributed by atoms with van der Waals surface area (Å²) in [6, 6.07) is 13.2. The topological polar surface area (TPSA) is 67.2 Å². The molecule has 4 nitrogen and oxygen atoms in total. The summed E-state index contributed by atoms with van der Waals surface area (Å²) < 4.78 is 29.1. The van der Waals surface area contributed by atoms with Crippen LogP contribution in [0, 0.1) is 11.3 Å². The molecule has 2 aromatic rings. The van der Waals surface area contributed by atoms with Crippen molar-refractivity contribution in [3.63, 3.8) is 0 Å². The van der Waals surface area contributed by atoms with Crippen LogP contribution in [0.2, 0.25) is 0 Å². The maximum absolute atomic E-state index is 11.4. The highest BCUT2D eigenvalue weighted by Gasteiger charge is 2.08. The van der Waals surface area contributed by atoms with E-state index in [0.717, 1.165) is 10.7 Å². The maximum Gasteiger partial charge on any atom is 0.175 e. The number of ether oxygens (including phenoxy) is 1. The van der Waals surface area contributed by atoms with E-state index in [-0.39, 0.29) is 4.90 Å². The number of nitriles is 1. The first-order chi connectivity index (χ1) is 9.40. The van der Waals surface area contributed by atoms with Crippen molar-refractivity contribution in [2.24, 2.45) is 0 Å². The first-order valence-electron chi connectivity index (χ1n) is 5.58. The van der Waals surface area contributed by atoms with Gasteiger partial charge in [-0.05, 0) is 42.5 Å². The quantitative estimate of drug-likeness (QED) is 0.848. The van der Waals surface area contributed by atoms with E-state index in [2.05, 4.69) is 15.9 Å². The fraction of sp³-hybridized carbons (Fsp3) is 0.0714. The molecule has 0 saturated heterocycles. The summed E-state index contributed by atoms with van der Waals surface area (Å²) in [5.41, 5.74) is 0.395. The molecule has 0 aliphatic heterocycles. The monoisotopic (exact) mass is 351 g/mol. The molecule has 0 saturated carbocycles. The lowest BCUT2D eigenvalue weighted by Crippen LogP contribution is -1.96. The van der Waals surface area contributed by atoms with E-state index in [1.165, 1.54) is 12.1 Å². The molecule has 0 heterocycles. The van der Waals surface area contributed by atoms with Crippen LogP contribution < -0.4 is 4.74 Å². The molecule has 0 aromatic heterocycles. The largest absolute Gasteiger partial charge is 0.456 e. The van der Waals surface area contributed by atoms with Crippen molar-refractivity contribution in [3.8, 4) is 17.6 Å². The highest BCUT2D eigenvalue weighted by atomic mass is 79.9. The summed E-state index contributed by atoms with van der Waals surface area (Å²) in [5.74, 6) is 0.888. The van der Waals surface area contributed by atoms with Crippen LogP contribution in [-0.4, -0.2) is 14.7 Å². The number of rotatable bonds is 3. The predicted octanol–water partition coefficient (Wildman–Crippen LogP) is 3.52. The van der Waals surface area contributed by atoms with Crippen LogP contribution in [0.4, 0.5) is 0 Å². The lowest BCUT2D eigenvalue weighted by Gasteiger charge is -2.08. The van der Waals surface area contributed by atoms with E-state index >= 15 is 0 Å². The number of halogens is 1. The normalized spacial score (nSPS) is 10.8. The van der Waals surface area contributed by atoms with Crippen molar-refractivity contribution in [2.75, 3.05) is 6.26 Å². The Hall–Kier alpha value is -1.84. The van der Waals surface area contributed by atoms with E-state index in [1.54, 1.807) is 30.3 Å². The van der Waals surface area contributed by atoms with Crippen LogP contribution in [0.5, 0.6) is 11.5 Å². The summed E-state index contributed by atoms with van der Waals surface area (Å²) in [7, 11) is -3.22. The standard InChI is InChI=1S/C14H10BrNO3S/c1-20(17,18)13-5-3-12(4-6-13)19-14-7-2-11(15)8-10(14)9-16/h2-8H,1H3. The molecule has 102 valence electrons. The van der Waals surface area contributed by atoms with Crippen molar-refractivity contribution in [1.29, 1.82) is 5.26 Å². The summed E-state index contributed by atoms with van der Waals surface area (Å²) in [6.45, 7) is 0. The Morgan fingerprint density at radius 1 is 1.15 bits per heavy atom. The number of hydrogen-bond donors (Lipinski definition) is 0. The molecule has 2 aromatic carbocycles. The van der Waals surface area contributed by atoms with Crippen molar-refractivity contribution >= 4 is 25.8 Å². The van der Waals surface area contributed by atoms with E-state index < -0.39 is 9.84 Å². The third kappa shape index (κ3) is 3.38. The Kier molecular flexibility index (Phi) is 4.12. The second kappa shape index (κ2) is 5.65. The molecular formula is C14H10BrNO3S. The molecule has 0 aliphatic rings. The van der Waals surface area contributed by atoms with Gasteiger partial charge in [0, 0.05) is 10.7 Å². The Balaban J connectivity index is 2.30. The molecule has 0 atom stereocenters. The highest BCUT2D eigenvalue weighted by Crippen LogP contribution is 2.28. The Morgan fingerprint density at radius 3 is 2.35 bits per heavy atom. The first kappa shape index (κ1) is 14.6. The lowest BCUT2D eigenvalue weighted by atomic mass is 10.2. The zero-order chi connectivity index (χ0) is 14.8. The van der Waals surface area contributed by atoms with Gasteiger partial charge in [-0.2, -0.15) is 5.26 Å². The smallest absolute Gasteiger partial charge is 0.175 e. The van der Waals surface area contributed by atoms with Crippen LogP contribution in [0.25, 0.3) is 0 Å². The minimum atomic E-state index is -3.22. The molecule has 0 radical (unpaired) electrons. The Bertz CT molecular complexity index is 777. The van der Waals surface area contributed by atoms with E-state index in [1.807, 2.05) is 6.07 Å². The van der Waals surface area contributed by atoms with Gasteiger partial charge in [-0.25, -0.2) is 8.42 Å². The van der Waals surface area contributed by atoms with Crippen LogP contribution in [-0.2, 0) is 9.84 Å². The molecule has 0 spiro atoms. The van der Waals surface area contributed by atoms with Gasteiger partial charge < -0.3 is 4.74 Å². The van der Waals surface area contributed by atoms with Crippen molar-refractivity contribution in [3.05, 3.63) is 52.5 Å². The van der Waals surface area contributed by atoms with Gasteiger partial charge in [-0.3, -0.25) is 0 Å². The molecule has 0 N–H and O–H groups in total. The van der Waals surface area contributed by atoms with Crippen LogP contribution in [0.3, 0.4) is 0 Å². The summed E-state index contributed by atoms with van der Waals surface area (Å²) in [5, 5.41) is 9.04. The van der Waals surface area contributed by atoms with Gasteiger partial charge in [0.25, 0.3) is 0 Å². The van der Waals surface area contributed by atoms with Gasteiger partial charge in [-0.15, -0.1) is 0 Å². The number of sulfone groups is 1. The van der Waals surface area contributed by atoms with Gasteiger partial charge in [0.1, 0.15) is 17.6 Å². The average molecular weight is 352 g/mol. The third-order valence-corrected chi connectivity index (χ3v) is 4.16. The second-order valence-corrected chi connectivity index (χ2v) is 7.03. The minimum Gasteiger partial charge on any atom is -0.456 e. The molecular weight excluding hydrogens is 342 g/mol.